The molecule has 0 aliphatic carbocycles. The molecule has 1 amide bonds. The molecule has 0 aliphatic rings. The zero-order chi connectivity index (χ0) is 13.1. The van der Waals surface area contributed by atoms with Gasteiger partial charge < -0.3 is 5.32 Å². The lowest BCUT2D eigenvalue weighted by atomic mass is 10.1. The van der Waals surface area contributed by atoms with Gasteiger partial charge in [-0.05, 0) is 37.5 Å². The van der Waals surface area contributed by atoms with Crippen molar-refractivity contribution < 1.29 is 4.79 Å². The SMILES string of the molecule is Cc1cnn(CC(=O)Nc2c(C)cccc2C)c1. The van der Waals surface area contributed by atoms with Crippen LogP contribution >= 0.6 is 0 Å². The second-order valence-corrected chi connectivity index (χ2v) is 4.53. The van der Waals surface area contributed by atoms with E-state index in [0.29, 0.717) is 0 Å². The molecule has 2 rings (SSSR count). The first kappa shape index (κ1) is 12.4. The molecular formula is C14H17N3O. The van der Waals surface area contributed by atoms with Crippen LogP contribution in [0.1, 0.15) is 16.7 Å². The van der Waals surface area contributed by atoms with Crippen LogP contribution in [0.4, 0.5) is 5.69 Å². The van der Waals surface area contributed by atoms with Gasteiger partial charge in [-0.25, -0.2) is 0 Å². The van der Waals surface area contributed by atoms with Crippen molar-refractivity contribution in [2.45, 2.75) is 27.3 Å². The molecule has 0 saturated carbocycles. The summed E-state index contributed by atoms with van der Waals surface area (Å²) in [6, 6.07) is 5.96. The minimum atomic E-state index is -0.0597. The molecule has 4 heteroatoms. The van der Waals surface area contributed by atoms with E-state index < -0.39 is 0 Å². The Morgan fingerprint density at radius 3 is 2.50 bits per heavy atom. The number of carbonyl (C=O) groups excluding carboxylic acids is 1. The van der Waals surface area contributed by atoms with E-state index in [9.17, 15) is 4.79 Å². The number of carbonyl (C=O) groups is 1. The van der Waals surface area contributed by atoms with Crippen molar-refractivity contribution in [3.05, 3.63) is 47.3 Å². The first-order valence-corrected chi connectivity index (χ1v) is 5.91. The molecule has 0 unspecified atom stereocenters. The standard InChI is InChI=1S/C14H17N3O/c1-10-7-15-17(8-10)9-13(18)16-14-11(2)5-4-6-12(14)3/h4-8H,9H2,1-3H3,(H,16,18). The summed E-state index contributed by atoms with van der Waals surface area (Å²) in [4.78, 5) is 11.9. The van der Waals surface area contributed by atoms with Gasteiger partial charge in [0.1, 0.15) is 6.54 Å². The van der Waals surface area contributed by atoms with Crippen LogP contribution in [-0.2, 0) is 11.3 Å². The van der Waals surface area contributed by atoms with Gasteiger partial charge in [0.2, 0.25) is 5.91 Å². The fourth-order valence-corrected chi connectivity index (χ4v) is 1.89. The summed E-state index contributed by atoms with van der Waals surface area (Å²) >= 11 is 0. The van der Waals surface area contributed by atoms with Gasteiger partial charge in [0.15, 0.2) is 0 Å². The zero-order valence-corrected chi connectivity index (χ0v) is 10.9. The Morgan fingerprint density at radius 1 is 1.28 bits per heavy atom. The smallest absolute Gasteiger partial charge is 0.246 e. The number of nitrogens with zero attached hydrogens (tertiary/aromatic N) is 2. The third kappa shape index (κ3) is 2.77. The zero-order valence-electron chi connectivity index (χ0n) is 10.9. The maximum absolute atomic E-state index is 11.9. The highest BCUT2D eigenvalue weighted by molar-refractivity contribution is 5.92. The fraction of sp³-hybridized carbons (Fsp3) is 0.286. The number of aryl methyl sites for hydroxylation is 3. The van der Waals surface area contributed by atoms with Gasteiger partial charge in [0.05, 0.1) is 6.20 Å². The number of rotatable bonds is 3. The van der Waals surface area contributed by atoms with Gasteiger partial charge in [-0.3, -0.25) is 9.48 Å². The number of aromatic nitrogens is 2. The maximum atomic E-state index is 11.9. The first-order chi connectivity index (χ1) is 8.56. The van der Waals surface area contributed by atoms with E-state index in [-0.39, 0.29) is 12.5 Å². The number of benzene rings is 1. The average Bonchev–Trinajstić information content (AvgIpc) is 2.69. The molecule has 0 atom stereocenters. The van der Waals surface area contributed by atoms with Gasteiger partial charge in [-0.2, -0.15) is 5.10 Å². The van der Waals surface area contributed by atoms with Gasteiger partial charge in [0.25, 0.3) is 0 Å². The van der Waals surface area contributed by atoms with Crippen LogP contribution < -0.4 is 5.32 Å². The Bertz CT molecular complexity index is 552. The number of hydrogen-bond acceptors (Lipinski definition) is 2. The minimum absolute atomic E-state index is 0.0597. The molecule has 4 nitrogen and oxygen atoms in total. The van der Waals surface area contributed by atoms with Crippen LogP contribution in [0.2, 0.25) is 0 Å². The largest absolute Gasteiger partial charge is 0.324 e. The molecule has 1 N–H and O–H groups in total. The normalized spacial score (nSPS) is 10.4. The minimum Gasteiger partial charge on any atom is -0.324 e. The highest BCUT2D eigenvalue weighted by Gasteiger charge is 2.08. The summed E-state index contributed by atoms with van der Waals surface area (Å²) in [6.45, 7) is 6.16. The summed E-state index contributed by atoms with van der Waals surface area (Å²) in [5.74, 6) is -0.0597. The molecule has 0 fully saturated rings. The van der Waals surface area contributed by atoms with Gasteiger partial charge in [-0.15, -0.1) is 0 Å². The fourth-order valence-electron chi connectivity index (χ4n) is 1.89. The Balaban J connectivity index is 2.08. The van der Waals surface area contributed by atoms with E-state index in [1.807, 2.05) is 45.2 Å². The van der Waals surface area contributed by atoms with Crippen molar-refractivity contribution in [1.82, 2.24) is 9.78 Å². The molecule has 2 aromatic rings. The monoisotopic (exact) mass is 243 g/mol. The molecule has 1 aromatic carbocycles. The van der Waals surface area contributed by atoms with Crippen LogP contribution in [0.3, 0.4) is 0 Å². The highest BCUT2D eigenvalue weighted by Crippen LogP contribution is 2.19. The number of para-hydroxylation sites is 1. The van der Waals surface area contributed by atoms with E-state index in [1.54, 1.807) is 10.9 Å². The molecule has 1 aromatic heterocycles. The molecule has 0 bridgehead atoms. The van der Waals surface area contributed by atoms with Crippen LogP contribution in [0, 0.1) is 20.8 Å². The van der Waals surface area contributed by atoms with Crippen molar-refractivity contribution in [3.8, 4) is 0 Å². The first-order valence-electron chi connectivity index (χ1n) is 5.91. The maximum Gasteiger partial charge on any atom is 0.246 e. The highest BCUT2D eigenvalue weighted by atomic mass is 16.2. The predicted octanol–water partition coefficient (Wildman–Crippen LogP) is 2.45. The number of nitrogens with one attached hydrogen (secondary N) is 1. The Hall–Kier alpha value is -2.10. The molecule has 0 saturated heterocycles. The lowest BCUT2D eigenvalue weighted by Crippen LogP contribution is -2.20. The van der Waals surface area contributed by atoms with E-state index >= 15 is 0 Å². The van der Waals surface area contributed by atoms with Crippen LogP contribution in [0.15, 0.2) is 30.6 Å². The van der Waals surface area contributed by atoms with Crippen molar-refractivity contribution in [1.29, 1.82) is 0 Å². The van der Waals surface area contributed by atoms with Crippen molar-refractivity contribution in [2.24, 2.45) is 0 Å². The molecule has 1 heterocycles. The van der Waals surface area contributed by atoms with Gasteiger partial charge >= 0.3 is 0 Å². The summed E-state index contributed by atoms with van der Waals surface area (Å²) in [5, 5.41) is 7.03. The van der Waals surface area contributed by atoms with Crippen LogP contribution in [0.25, 0.3) is 0 Å². The van der Waals surface area contributed by atoms with E-state index in [1.165, 1.54) is 0 Å². The van der Waals surface area contributed by atoms with E-state index in [0.717, 1.165) is 22.4 Å². The second-order valence-electron chi connectivity index (χ2n) is 4.53. The predicted molar refractivity (Wildman–Crippen MR) is 71.5 cm³/mol. The topological polar surface area (TPSA) is 46.9 Å². The van der Waals surface area contributed by atoms with E-state index in [2.05, 4.69) is 10.4 Å². The molecule has 0 spiro atoms. The molecule has 18 heavy (non-hydrogen) atoms. The summed E-state index contributed by atoms with van der Waals surface area (Å²) in [6.07, 6.45) is 3.59. The number of amides is 1. The third-order valence-corrected chi connectivity index (χ3v) is 2.81. The van der Waals surface area contributed by atoms with Crippen molar-refractivity contribution >= 4 is 11.6 Å². The Kier molecular flexibility index (Phi) is 3.46. The third-order valence-electron chi connectivity index (χ3n) is 2.81. The summed E-state index contributed by atoms with van der Waals surface area (Å²) in [7, 11) is 0. The van der Waals surface area contributed by atoms with E-state index in [4.69, 9.17) is 0 Å². The summed E-state index contributed by atoms with van der Waals surface area (Å²) < 4.78 is 1.64. The molecule has 0 aliphatic heterocycles. The Labute approximate surface area is 107 Å². The molecule has 0 radical (unpaired) electrons. The van der Waals surface area contributed by atoms with Crippen LogP contribution in [-0.4, -0.2) is 15.7 Å². The molecule has 94 valence electrons. The van der Waals surface area contributed by atoms with Crippen molar-refractivity contribution in [2.75, 3.05) is 5.32 Å². The lowest BCUT2D eigenvalue weighted by Gasteiger charge is -2.11. The van der Waals surface area contributed by atoms with Gasteiger partial charge in [-0.1, -0.05) is 18.2 Å². The second kappa shape index (κ2) is 5.04. The Morgan fingerprint density at radius 2 is 1.94 bits per heavy atom. The number of anilines is 1. The average molecular weight is 243 g/mol. The number of hydrogen-bond donors (Lipinski definition) is 1. The summed E-state index contributed by atoms with van der Waals surface area (Å²) in [5.41, 5.74) is 4.08. The van der Waals surface area contributed by atoms with Gasteiger partial charge in [0, 0.05) is 11.9 Å². The van der Waals surface area contributed by atoms with Crippen LogP contribution in [0.5, 0.6) is 0 Å². The van der Waals surface area contributed by atoms with Crippen molar-refractivity contribution in [3.63, 3.8) is 0 Å². The quantitative estimate of drug-likeness (QED) is 0.900. The molecular weight excluding hydrogens is 226 g/mol. The lowest BCUT2D eigenvalue weighted by molar-refractivity contribution is -0.116.